The average molecular weight is 251 g/mol. The van der Waals surface area contributed by atoms with Crippen LogP contribution in [0.4, 0.5) is 8.78 Å². The maximum Gasteiger partial charge on any atom is 0.249 e. The van der Waals surface area contributed by atoms with Gasteiger partial charge in [0, 0.05) is 6.42 Å². The van der Waals surface area contributed by atoms with E-state index in [1.54, 1.807) is 24.3 Å². The van der Waals surface area contributed by atoms with E-state index >= 15 is 0 Å². The van der Waals surface area contributed by atoms with Gasteiger partial charge < -0.3 is 0 Å². The van der Waals surface area contributed by atoms with E-state index in [1.165, 1.54) is 0 Å². The second kappa shape index (κ2) is 4.62. The molecule has 0 heterocycles. The molecule has 0 radical (unpaired) electrons. The Balaban J connectivity index is 2.29. The van der Waals surface area contributed by atoms with E-state index in [4.69, 9.17) is 0 Å². The van der Waals surface area contributed by atoms with Crippen LogP contribution >= 0.6 is 0 Å². The fourth-order valence-electron chi connectivity index (χ4n) is 2.39. The van der Waals surface area contributed by atoms with Crippen molar-refractivity contribution in [1.82, 2.24) is 0 Å². The minimum Gasteiger partial charge on any atom is -0.211 e. The zero-order valence-electron chi connectivity index (χ0n) is 10.2. The zero-order valence-corrected chi connectivity index (χ0v) is 10.2. The minimum absolute atomic E-state index is 0.290. The topological polar surface area (TPSA) is 29.4 Å². The molecule has 1 aromatic carbocycles. The fraction of sp³-hybridized carbons (Fsp3) is 0.500. The van der Waals surface area contributed by atoms with Crippen molar-refractivity contribution >= 4 is 6.08 Å². The van der Waals surface area contributed by atoms with E-state index in [0.29, 0.717) is 5.56 Å². The number of benzene rings is 1. The number of rotatable bonds is 4. The standard InChI is InChI=1S/C14H15F2NO/c1-13(15,16)9-11-4-2-5-12(8-11)14(17-10-18)6-3-7-14/h2,4-5,8H,3,6-7,9H2,1H3. The van der Waals surface area contributed by atoms with Crippen LogP contribution in [0.25, 0.3) is 0 Å². The van der Waals surface area contributed by atoms with Crippen LogP contribution in [-0.2, 0) is 16.8 Å². The first kappa shape index (κ1) is 12.9. The number of halogens is 2. The van der Waals surface area contributed by atoms with Gasteiger partial charge in [0.05, 0.1) is 5.54 Å². The lowest BCUT2D eigenvalue weighted by Gasteiger charge is -2.37. The van der Waals surface area contributed by atoms with Crippen LogP contribution < -0.4 is 0 Å². The van der Waals surface area contributed by atoms with Crippen LogP contribution in [0.5, 0.6) is 0 Å². The maximum atomic E-state index is 13.0. The van der Waals surface area contributed by atoms with Crippen molar-refractivity contribution in [1.29, 1.82) is 0 Å². The summed E-state index contributed by atoms with van der Waals surface area (Å²) in [5.41, 5.74) is 0.909. The molecular weight excluding hydrogens is 236 g/mol. The molecule has 0 aliphatic heterocycles. The van der Waals surface area contributed by atoms with E-state index in [0.717, 1.165) is 31.7 Å². The van der Waals surface area contributed by atoms with E-state index in [2.05, 4.69) is 4.99 Å². The number of alkyl halides is 2. The van der Waals surface area contributed by atoms with E-state index in [1.807, 2.05) is 6.07 Å². The molecule has 0 N–H and O–H groups in total. The summed E-state index contributed by atoms with van der Waals surface area (Å²) in [6.07, 6.45) is 3.88. The number of nitrogens with zero attached hydrogens (tertiary/aromatic N) is 1. The van der Waals surface area contributed by atoms with Gasteiger partial charge in [-0.25, -0.2) is 13.6 Å². The van der Waals surface area contributed by atoms with Crippen LogP contribution in [0.2, 0.25) is 0 Å². The number of aliphatic imine (C=N–C) groups is 1. The number of carbonyl (C=O) groups excluding carboxylic acids is 1. The lowest BCUT2D eigenvalue weighted by molar-refractivity contribution is 0.0225. The Hall–Kier alpha value is -1.54. The quantitative estimate of drug-likeness (QED) is 0.594. The SMILES string of the molecule is CC(F)(F)Cc1cccc(C2(N=C=O)CCC2)c1. The molecule has 1 aliphatic carbocycles. The van der Waals surface area contributed by atoms with Crippen molar-refractivity contribution in [3.05, 3.63) is 35.4 Å². The molecule has 0 saturated heterocycles. The molecule has 0 bridgehead atoms. The molecule has 0 spiro atoms. The monoisotopic (exact) mass is 251 g/mol. The van der Waals surface area contributed by atoms with Crippen molar-refractivity contribution in [3.63, 3.8) is 0 Å². The molecule has 2 rings (SSSR count). The molecule has 0 unspecified atom stereocenters. The molecule has 18 heavy (non-hydrogen) atoms. The Morgan fingerprint density at radius 3 is 2.67 bits per heavy atom. The molecule has 0 amide bonds. The van der Waals surface area contributed by atoms with E-state index < -0.39 is 11.5 Å². The summed E-state index contributed by atoms with van der Waals surface area (Å²) in [4.78, 5) is 14.4. The molecule has 1 aromatic rings. The largest absolute Gasteiger partial charge is 0.249 e. The summed E-state index contributed by atoms with van der Waals surface area (Å²) in [5, 5.41) is 0. The smallest absolute Gasteiger partial charge is 0.211 e. The molecule has 1 fully saturated rings. The van der Waals surface area contributed by atoms with Gasteiger partial charge in [-0.1, -0.05) is 24.3 Å². The van der Waals surface area contributed by atoms with Crippen molar-refractivity contribution in [2.24, 2.45) is 4.99 Å². The van der Waals surface area contributed by atoms with Gasteiger partial charge in [0.1, 0.15) is 0 Å². The van der Waals surface area contributed by atoms with Gasteiger partial charge in [0.2, 0.25) is 12.0 Å². The molecule has 1 aliphatic rings. The second-order valence-corrected chi connectivity index (χ2v) is 5.04. The van der Waals surface area contributed by atoms with Gasteiger partial charge in [-0.15, -0.1) is 0 Å². The lowest BCUT2D eigenvalue weighted by atomic mass is 9.72. The van der Waals surface area contributed by atoms with Gasteiger partial charge in [-0.3, -0.25) is 0 Å². The summed E-state index contributed by atoms with van der Waals surface area (Å²) in [5.74, 6) is -2.72. The Morgan fingerprint density at radius 1 is 1.44 bits per heavy atom. The number of isocyanates is 1. The first-order chi connectivity index (χ1) is 8.45. The third kappa shape index (κ3) is 2.65. The van der Waals surface area contributed by atoms with E-state index in [-0.39, 0.29) is 6.42 Å². The lowest BCUT2D eigenvalue weighted by Crippen LogP contribution is -2.32. The highest BCUT2D eigenvalue weighted by atomic mass is 19.3. The zero-order chi connectivity index (χ0) is 13.2. The van der Waals surface area contributed by atoms with Crippen LogP contribution in [0.1, 0.15) is 37.3 Å². The highest BCUT2D eigenvalue weighted by Crippen LogP contribution is 2.44. The molecular formula is C14H15F2NO. The molecule has 2 nitrogen and oxygen atoms in total. The van der Waals surface area contributed by atoms with Crippen LogP contribution in [0.3, 0.4) is 0 Å². The Kier molecular flexibility index (Phi) is 3.31. The Labute approximate surface area is 105 Å². The highest BCUT2D eigenvalue weighted by Gasteiger charge is 2.39. The summed E-state index contributed by atoms with van der Waals surface area (Å²) in [7, 11) is 0. The molecule has 0 aromatic heterocycles. The van der Waals surface area contributed by atoms with Crippen molar-refractivity contribution in [2.45, 2.75) is 44.1 Å². The third-order valence-corrected chi connectivity index (χ3v) is 3.42. The molecule has 4 heteroatoms. The van der Waals surface area contributed by atoms with Crippen LogP contribution in [0.15, 0.2) is 29.3 Å². The van der Waals surface area contributed by atoms with Gasteiger partial charge in [0.25, 0.3) is 0 Å². The normalized spacial score (nSPS) is 17.7. The Morgan fingerprint density at radius 2 is 2.17 bits per heavy atom. The van der Waals surface area contributed by atoms with Crippen molar-refractivity contribution < 1.29 is 13.6 Å². The van der Waals surface area contributed by atoms with Crippen LogP contribution in [-0.4, -0.2) is 12.0 Å². The first-order valence-corrected chi connectivity index (χ1v) is 6.01. The average Bonchev–Trinajstić information content (AvgIpc) is 2.21. The van der Waals surface area contributed by atoms with Gasteiger partial charge in [-0.05, 0) is 37.3 Å². The second-order valence-electron chi connectivity index (χ2n) is 5.04. The molecule has 96 valence electrons. The molecule has 1 saturated carbocycles. The summed E-state index contributed by atoms with van der Waals surface area (Å²) >= 11 is 0. The summed E-state index contributed by atoms with van der Waals surface area (Å²) < 4.78 is 26.0. The maximum absolute atomic E-state index is 13.0. The fourth-order valence-corrected chi connectivity index (χ4v) is 2.39. The van der Waals surface area contributed by atoms with Gasteiger partial charge in [-0.2, -0.15) is 4.99 Å². The van der Waals surface area contributed by atoms with Crippen molar-refractivity contribution in [2.75, 3.05) is 0 Å². The highest BCUT2D eigenvalue weighted by molar-refractivity contribution is 5.40. The third-order valence-electron chi connectivity index (χ3n) is 3.42. The molecule has 0 atom stereocenters. The van der Waals surface area contributed by atoms with Gasteiger partial charge >= 0.3 is 0 Å². The predicted octanol–water partition coefficient (Wildman–Crippen LogP) is 3.60. The first-order valence-electron chi connectivity index (χ1n) is 6.01. The number of hydrogen-bond acceptors (Lipinski definition) is 2. The van der Waals surface area contributed by atoms with Crippen molar-refractivity contribution in [3.8, 4) is 0 Å². The number of hydrogen-bond donors (Lipinski definition) is 0. The minimum atomic E-state index is -2.72. The van der Waals surface area contributed by atoms with Crippen LogP contribution in [0, 0.1) is 0 Å². The summed E-state index contributed by atoms with van der Waals surface area (Å²) in [6.45, 7) is 0.905. The Bertz CT molecular complexity index is 483. The summed E-state index contributed by atoms with van der Waals surface area (Å²) in [6, 6.07) is 7.00. The predicted molar refractivity (Wildman–Crippen MR) is 64.4 cm³/mol. The van der Waals surface area contributed by atoms with Gasteiger partial charge in [0.15, 0.2) is 0 Å². The van der Waals surface area contributed by atoms with E-state index in [9.17, 15) is 13.6 Å².